The second kappa shape index (κ2) is 14.1. The first-order valence-corrected chi connectivity index (χ1v) is 14.0. The van der Waals surface area contributed by atoms with E-state index in [0.29, 0.717) is 30.2 Å². The van der Waals surface area contributed by atoms with E-state index >= 15 is 0 Å². The fourth-order valence-electron chi connectivity index (χ4n) is 5.54. The minimum absolute atomic E-state index is 0.000656. The molecule has 39 heavy (non-hydrogen) atoms. The lowest BCUT2D eigenvalue weighted by molar-refractivity contribution is -0.183. The van der Waals surface area contributed by atoms with Crippen LogP contribution in [-0.2, 0) is 4.79 Å². The van der Waals surface area contributed by atoms with Gasteiger partial charge in [-0.15, -0.1) is 0 Å². The van der Waals surface area contributed by atoms with Gasteiger partial charge in [0.15, 0.2) is 0 Å². The van der Waals surface area contributed by atoms with Crippen LogP contribution in [0.5, 0.6) is 0 Å². The van der Waals surface area contributed by atoms with Crippen molar-refractivity contribution in [2.75, 3.05) is 52.5 Å². The highest BCUT2D eigenvalue weighted by molar-refractivity contribution is 6.31. The van der Waals surface area contributed by atoms with Crippen LogP contribution in [0.2, 0.25) is 0 Å². The van der Waals surface area contributed by atoms with E-state index in [0.717, 1.165) is 25.0 Å². The molecular formula is C29H42ClF2N3O4. The zero-order valence-corrected chi connectivity index (χ0v) is 23.4. The lowest BCUT2D eigenvalue weighted by Crippen LogP contribution is -2.64. The number of likely N-dealkylation sites (tertiary alicyclic amines) is 2. The van der Waals surface area contributed by atoms with Crippen molar-refractivity contribution in [3.63, 3.8) is 0 Å². The average Bonchev–Trinajstić information content (AvgIpc) is 2.96. The Morgan fingerprint density at radius 1 is 1.28 bits per heavy atom. The number of nitrogens with one attached hydrogen (secondary N) is 1. The van der Waals surface area contributed by atoms with Crippen LogP contribution in [0.15, 0.2) is 59.2 Å². The Balaban J connectivity index is 1.54. The fourth-order valence-corrected chi connectivity index (χ4v) is 5.68. The number of nitrogens with zero attached hydrogens (tertiary/aromatic N) is 2. The van der Waals surface area contributed by atoms with Gasteiger partial charge in [-0.3, -0.25) is 4.79 Å². The lowest BCUT2D eigenvalue weighted by Gasteiger charge is -2.47. The topological polar surface area (TPSA) is 96.3 Å². The Kier molecular flexibility index (Phi) is 11.5. The van der Waals surface area contributed by atoms with Crippen molar-refractivity contribution in [3.05, 3.63) is 59.2 Å². The normalized spacial score (nSPS) is 30.8. The third-order valence-electron chi connectivity index (χ3n) is 8.21. The van der Waals surface area contributed by atoms with Crippen LogP contribution < -0.4 is 5.32 Å². The van der Waals surface area contributed by atoms with E-state index in [9.17, 15) is 28.9 Å². The molecule has 3 unspecified atom stereocenters. The second-order valence-corrected chi connectivity index (χ2v) is 11.4. The Bertz CT molecular complexity index is 991. The first-order chi connectivity index (χ1) is 18.5. The maximum absolute atomic E-state index is 13.3. The number of piperidine rings is 2. The zero-order valence-electron chi connectivity index (χ0n) is 22.7. The number of aliphatic hydroxyl groups is 3. The fraction of sp³-hybridized carbons (Fsp3) is 0.621. The summed E-state index contributed by atoms with van der Waals surface area (Å²) < 4.78 is 26.0. The summed E-state index contributed by atoms with van der Waals surface area (Å²) in [6.45, 7) is 7.88. The van der Waals surface area contributed by atoms with E-state index in [2.05, 4.69) is 16.8 Å². The maximum Gasteiger partial charge on any atom is 0.246 e. The number of carbonyl (C=O) groups excluding carboxylic acids is 1. The SMILES string of the molecule is C=C1/C=C\C(Cl)=C/CNCC12CCN(CC(O)C1(O)CCN(C(=O)/C=C/C(=C/CF)CC(C)F)C[C@@H]1O)CC2. The van der Waals surface area contributed by atoms with Crippen molar-refractivity contribution < 1.29 is 28.9 Å². The number of β-amino-alcohol motifs (C(OH)–C–C–N with tert-alkyl or cyclic N) is 2. The molecule has 7 nitrogen and oxygen atoms in total. The van der Waals surface area contributed by atoms with Crippen molar-refractivity contribution in [2.45, 2.75) is 56.6 Å². The highest BCUT2D eigenvalue weighted by Crippen LogP contribution is 2.39. The van der Waals surface area contributed by atoms with Gasteiger partial charge in [0.2, 0.25) is 5.91 Å². The quantitative estimate of drug-likeness (QED) is 0.265. The van der Waals surface area contributed by atoms with E-state index in [4.69, 9.17) is 11.6 Å². The molecule has 2 saturated heterocycles. The molecular weight excluding hydrogens is 528 g/mol. The molecule has 0 aromatic carbocycles. The molecule has 3 aliphatic rings. The average molecular weight is 570 g/mol. The summed E-state index contributed by atoms with van der Waals surface area (Å²) in [5.41, 5.74) is -0.493. The number of aliphatic hydroxyl groups excluding tert-OH is 2. The van der Waals surface area contributed by atoms with Crippen LogP contribution in [0.1, 0.15) is 32.6 Å². The standard InChI is InChI=1S/C29H42ClF2N3O4/c1-21-3-5-24(30)8-13-33-20-28(21)9-14-34(15-10-28)18-25(36)29(39)11-16-35(19-26(29)37)27(38)6-4-23(7-12-31)17-22(2)32/h3-8,22,25-26,33,36-37,39H,1,9-20H2,2H3/b5-3-,6-4+,23-7-,24-8+/t22?,25?,26-,29?/m0/s1. The Morgan fingerprint density at radius 2 is 2.00 bits per heavy atom. The van der Waals surface area contributed by atoms with Crippen LogP contribution in [0, 0.1) is 5.41 Å². The molecule has 0 aromatic rings. The molecule has 4 atom stereocenters. The first kappa shape index (κ1) is 31.6. The minimum Gasteiger partial charge on any atom is -0.389 e. The maximum atomic E-state index is 13.3. The van der Waals surface area contributed by atoms with E-state index in [1.54, 1.807) is 0 Å². The summed E-state index contributed by atoms with van der Waals surface area (Å²) in [6, 6.07) is 0. The molecule has 3 aliphatic heterocycles. The van der Waals surface area contributed by atoms with E-state index in [1.165, 1.54) is 30.1 Å². The molecule has 1 spiro atoms. The number of hydrogen-bond donors (Lipinski definition) is 4. The van der Waals surface area contributed by atoms with Crippen LogP contribution >= 0.6 is 11.6 Å². The smallest absolute Gasteiger partial charge is 0.246 e. The molecule has 0 aromatic heterocycles. The van der Waals surface area contributed by atoms with Crippen molar-refractivity contribution >= 4 is 17.5 Å². The number of hydrogen-bond acceptors (Lipinski definition) is 6. The molecule has 0 saturated carbocycles. The van der Waals surface area contributed by atoms with E-state index in [1.807, 2.05) is 18.2 Å². The van der Waals surface area contributed by atoms with Crippen molar-refractivity contribution in [1.82, 2.24) is 15.1 Å². The molecule has 1 amide bonds. The molecule has 0 radical (unpaired) electrons. The van der Waals surface area contributed by atoms with Gasteiger partial charge in [0.1, 0.15) is 24.6 Å². The lowest BCUT2D eigenvalue weighted by atomic mass is 9.72. The molecule has 0 aliphatic carbocycles. The molecule has 2 fully saturated rings. The first-order valence-electron chi connectivity index (χ1n) is 13.6. The van der Waals surface area contributed by atoms with Crippen LogP contribution in [0.4, 0.5) is 8.78 Å². The number of alkyl halides is 2. The number of halogens is 3. The van der Waals surface area contributed by atoms with Gasteiger partial charge in [0.25, 0.3) is 0 Å². The Hall–Kier alpha value is -1.88. The minimum atomic E-state index is -1.76. The summed E-state index contributed by atoms with van der Waals surface area (Å²) in [7, 11) is 0. The molecule has 3 rings (SSSR count). The second-order valence-electron chi connectivity index (χ2n) is 11.0. The van der Waals surface area contributed by atoms with E-state index in [-0.39, 0.29) is 37.9 Å². The van der Waals surface area contributed by atoms with E-state index < -0.39 is 36.6 Å². The molecule has 4 N–H and O–H groups in total. The summed E-state index contributed by atoms with van der Waals surface area (Å²) in [6.07, 6.45) is 7.49. The van der Waals surface area contributed by atoms with Crippen LogP contribution in [-0.4, -0.2) is 107 Å². The summed E-state index contributed by atoms with van der Waals surface area (Å²) in [5.74, 6) is -0.433. The highest BCUT2D eigenvalue weighted by Gasteiger charge is 2.48. The monoisotopic (exact) mass is 569 g/mol. The van der Waals surface area contributed by atoms with Crippen molar-refractivity contribution in [1.29, 1.82) is 0 Å². The number of carbonyl (C=O) groups is 1. The molecule has 0 bridgehead atoms. The predicted molar refractivity (Wildman–Crippen MR) is 150 cm³/mol. The Labute approximate surface area is 235 Å². The van der Waals surface area contributed by atoms with Crippen molar-refractivity contribution in [2.24, 2.45) is 5.41 Å². The summed E-state index contributed by atoms with van der Waals surface area (Å²) in [5, 5.41) is 37.1. The highest BCUT2D eigenvalue weighted by atomic mass is 35.5. The predicted octanol–water partition coefficient (Wildman–Crippen LogP) is 2.79. The zero-order chi connectivity index (χ0) is 28.6. The van der Waals surface area contributed by atoms with Gasteiger partial charge in [-0.1, -0.05) is 42.5 Å². The Morgan fingerprint density at radius 3 is 2.64 bits per heavy atom. The number of amides is 1. The van der Waals surface area contributed by atoms with Crippen LogP contribution in [0.3, 0.4) is 0 Å². The molecule has 3 heterocycles. The molecule has 10 heteroatoms. The third-order valence-corrected chi connectivity index (χ3v) is 8.49. The van der Waals surface area contributed by atoms with Gasteiger partial charge in [0, 0.05) is 55.7 Å². The summed E-state index contributed by atoms with van der Waals surface area (Å²) in [4.78, 5) is 16.1. The van der Waals surface area contributed by atoms with Gasteiger partial charge in [-0.2, -0.15) is 0 Å². The summed E-state index contributed by atoms with van der Waals surface area (Å²) >= 11 is 6.18. The van der Waals surface area contributed by atoms with Gasteiger partial charge < -0.3 is 30.4 Å². The van der Waals surface area contributed by atoms with Crippen molar-refractivity contribution in [3.8, 4) is 0 Å². The number of allylic oxidation sites excluding steroid dienone is 6. The van der Waals surface area contributed by atoms with Gasteiger partial charge in [-0.05, 0) is 56.5 Å². The van der Waals surface area contributed by atoms with Gasteiger partial charge in [-0.25, -0.2) is 8.78 Å². The van der Waals surface area contributed by atoms with Gasteiger partial charge >= 0.3 is 0 Å². The number of rotatable bonds is 8. The third kappa shape index (κ3) is 8.31. The van der Waals surface area contributed by atoms with Crippen LogP contribution in [0.25, 0.3) is 0 Å². The molecule has 218 valence electrons. The van der Waals surface area contributed by atoms with Gasteiger partial charge in [0.05, 0.1) is 6.10 Å². The largest absolute Gasteiger partial charge is 0.389 e.